The Morgan fingerprint density at radius 3 is 2.71 bits per heavy atom. The van der Waals surface area contributed by atoms with E-state index in [2.05, 4.69) is 20.4 Å². The van der Waals surface area contributed by atoms with Gasteiger partial charge in [0.15, 0.2) is 5.96 Å². The summed E-state index contributed by atoms with van der Waals surface area (Å²) in [5.74, 6) is 0.504. The number of aliphatic imine (C=N–C) groups is 1. The summed E-state index contributed by atoms with van der Waals surface area (Å²) in [4.78, 5) is 4.33. The lowest BCUT2D eigenvalue weighted by Gasteiger charge is -2.21. The summed E-state index contributed by atoms with van der Waals surface area (Å²) in [6.07, 6.45) is -3.88. The lowest BCUT2D eigenvalue weighted by atomic mass is 10.00. The highest BCUT2D eigenvalue weighted by Gasteiger charge is 2.27. The second-order valence-electron chi connectivity index (χ2n) is 5.43. The van der Waals surface area contributed by atoms with Crippen LogP contribution >= 0.6 is 11.3 Å². The Bertz CT molecular complexity index is 491. The molecule has 0 spiro atoms. The Balaban J connectivity index is 2.37. The molecule has 138 valence electrons. The van der Waals surface area contributed by atoms with E-state index in [1.165, 1.54) is 11.3 Å². The molecule has 1 unspecified atom stereocenters. The standard InChI is InChI=1S/C15H24F3N3O2S/c1-3-19-13(20-6-4-7-23-11-15(16,17)18)21-10-14(2,22)12-5-8-24-9-12/h5,8-9,22H,3-4,6-7,10-11H2,1-2H3,(H2,19,20,21). The monoisotopic (exact) mass is 367 g/mol. The van der Waals surface area contributed by atoms with Gasteiger partial charge in [0.2, 0.25) is 0 Å². The number of hydrogen-bond acceptors (Lipinski definition) is 4. The van der Waals surface area contributed by atoms with Crippen molar-refractivity contribution in [1.82, 2.24) is 10.6 Å². The number of nitrogens with zero attached hydrogens (tertiary/aromatic N) is 1. The molecule has 9 heteroatoms. The Labute approximate surface area is 143 Å². The molecule has 0 saturated heterocycles. The fourth-order valence-corrected chi connectivity index (χ4v) is 2.59. The number of halogens is 3. The molecule has 1 atom stereocenters. The molecule has 0 fully saturated rings. The van der Waals surface area contributed by atoms with Crippen molar-refractivity contribution in [2.75, 3.05) is 32.8 Å². The number of nitrogens with one attached hydrogen (secondary N) is 2. The molecule has 0 aliphatic rings. The predicted molar refractivity (Wildman–Crippen MR) is 89.4 cm³/mol. The zero-order valence-electron chi connectivity index (χ0n) is 13.8. The largest absolute Gasteiger partial charge is 0.411 e. The highest BCUT2D eigenvalue weighted by molar-refractivity contribution is 7.08. The number of rotatable bonds is 9. The van der Waals surface area contributed by atoms with Crippen LogP contribution in [0.1, 0.15) is 25.8 Å². The van der Waals surface area contributed by atoms with Crippen LogP contribution in [0.5, 0.6) is 0 Å². The molecule has 0 saturated carbocycles. The summed E-state index contributed by atoms with van der Waals surface area (Å²) in [5, 5.41) is 20.2. The molecular formula is C15H24F3N3O2S. The van der Waals surface area contributed by atoms with Crippen molar-refractivity contribution < 1.29 is 23.0 Å². The number of hydrogen-bond donors (Lipinski definition) is 3. The second kappa shape index (κ2) is 9.85. The molecule has 0 bridgehead atoms. The van der Waals surface area contributed by atoms with Crippen LogP contribution in [0.3, 0.4) is 0 Å². The molecule has 0 aromatic carbocycles. The van der Waals surface area contributed by atoms with Gasteiger partial charge in [-0.05, 0) is 42.7 Å². The van der Waals surface area contributed by atoms with Crippen LogP contribution in [0, 0.1) is 0 Å². The normalized spacial score (nSPS) is 15.2. The Kier molecular flexibility index (Phi) is 8.51. The van der Waals surface area contributed by atoms with E-state index in [4.69, 9.17) is 0 Å². The van der Waals surface area contributed by atoms with Gasteiger partial charge in [-0.1, -0.05) is 0 Å². The highest BCUT2D eigenvalue weighted by atomic mass is 32.1. The first-order valence-electron chi connectivity index (χ1n) is 7.66. The summed E-state index contributed by atoms with van der Waals surface area (Å²) in [6, 6.07) is 1.85. The minimum Gasteiger partial charge on any atom is -0.383 e. The molecule has 24 heavy (non-hydrogen) atoms. The molecule has 0 amide bonds. The first kappa shape index (κ1) is 20.7. The Morgan fingerprint density at radius 2 is 2.12 bits per heavy atom. The third kappa shape index (κ3) is 8.51. The first-order chi connectivity index (χ1) is 11.2. The summed E-state index contributed by atoms with van der Waals surface area (Å²) in [5.41, 5.74) is -0.273. The van der Waals surface area contributed by atoms with Gasteiger partial charge in [-0.25, -0.2) is 4.99 Å². The van der Waals surface area contributed by atoms with E-state index in [-0.39, 0.29) is 13.2 Å². The van der Waals surface area contributed by atoms with E-state index in [0.29, 0.717) is 25.5 Å². The van der Waals surface area contributed by atoms with Crippen molar-refractivity contribution in [3.05, 3.63) is 22.4 Å². The van der Waals surface area contributed by atoms with Gasteiger partial charge in [-0.15, -0.1) is 0 Å². The van der Waals surface area contributed by atoms with Crippen LogP contribution in [-0.2, 0) is 10.3 Å². The number of ether oxygens (including phenoxy) is 1. The topological polar surface area (TPSA) is 65.9 Å². The van der Waals surface area contributed by atoms with Gasteiger partial charge in [0.1, 0.15) is 12.2 Å². The van der Waals surface area contributed by atoms with E-state index in [0.717, 1.165) is 5.56 Å². The molecule has 0 aliphatic heterocycles. The Hall–Kier alpha value is -1.32. The predicted octanol–water partition coefficient (Wildman–Crippen LogP) is 2.48. The molecule has 0 aliphatic carbocycles. The molecule has 0 radical (unpaired) electrons. The van der Waals surface area contributed by atoms with Gasteiger partial charge in [-0.3, -0.25) is 0 Å². The van der Waals surface area contributed by atoms with E-state index in [1.807, 2.05) is 23.8 Å². The average molecular weight is 367 g/mol. The number of thiophene rings is 1. The van der Waals surface area contributed by atoms with Crippen LogP contribution in [0.15, 0.2) is 21.8 Å². The first-order valence-corrected chi connectivity index (χ1v) is 8.60. The van der Waals surface area contributed by atoms with Crippen LogP contribution in [0.4, 0.5) is 13.2 Å². The van der Waals surface area contributed by atoms with Crippen LogP contribution in [-0.4, -0.2) is 50.1 Å². The van der Waals surface area contributed by atoms with E-state index < -0.39 is 18.4 Å². The van der Waals surface area contributed by atoms with Crippen molar-refractivity contribution >= 4 is 17.3 Å². The SMILES string of the molecule is CCNC(=NCC(C)(O)c1ccsc1)NCCCOCC(F)(F)F. The van der Waals surface area contributed by atoms with Crippen LogP contribution < -0.4 is 10.6 Å². The minimum atomic E-state index is -4.29. The fourth-order valence-electron chi connectivity index (χ4n) is 1.81. The zero-order chi connectivity index (χ0) is 18.1. The molecule has 3 N–H and O–H groups in total. The van der Waals surface area contributed by atoms with Crippen molar-refractivity contribution in [2.24, 2.45) is 4.99 Å². The Morgan fingerprint density at radius 1 is 1.38 bits per heavy atom. The maximum atomic E-state index is 11.9. The quantitative estimate of drug-likeness (QED) is 0.356. The van der Waals surface area contributed by atoms with Crippen molar-refractivity contribution in [3.63, 3.8) is 0 Å². The van der Waals surface area contributed by atoms with Crippen molar-refractivity contribution in [3.8, 4) is 0 Å². The van der Waals surface area contributed by atoms with E-state index in [9.17, 15) is 18.3 Å². The lowest BCUT2D eigenvalue weighted by molar-refractivity contribution is -0.173. The summed E-state index contributed by atoms with van der Waals surface area (Å²) in [6.45, 7) is 3.60. The van der Waals surface area contributed by atoms with Gasteiger partial charge >= 0.3 is 6.18 Å². The van der Waals surface area contributed by atoms with Gasteiger partial charge in [0.25, 0.3) is 0 Å². The smallest absolute Gasteiger partial charge is 0.383 e. The third-order valence-electron chi connectivity index (χ3n) is 3.06. The molecule has 1 aromatic heterocycles. The van der Waals surface area contributed by atoms with Crippen LogP contribution in [0.2, 0.25) is 0 Å². The van der Waals surface area contributed by atoms with Gasteiger partial charge in [0.05, 0.1) is 6.54 Å². The van der Waals surface area contributed by atoms with Gasteiger partial charge in [0, 0.05) is 19.7 Å². The summed E-state index contributed by atoms with van der Waals surface area (Å²) >= 11 is 1.50. The molecule has 1 rings (SSSR count). The number of guanidine groups is 1. The second-order valence-corrected chi connectivity index (χ2v) is 6.21. The van der Waals surface area contributed by atoms with Crippen LogP contribution in [0.25, 0.3) is 0 Å². The summed E-state index contributed by atoms with van der Waals surface area (Å²) in [7, 11) is 0. The third-order valence-corrected chi connectivity index (χ3v) is 3.74. The maximum absolute atomic E-state index is 11.9. The molecular weight excluding hydrogens is 343 g/mol. The number of alkyl halides is 3. The fraction of sp³-hybridized carbons (Fsp3) is 0.667. The van der Waals surface area contributed by atoms with E-state index in [1.54, 1.807) is 6.92 Å². The summed E-state index contributed by atoms with van der Waals surface area (Å²) < 4.78 is 40.3. The number of aliphatic hydroxyl groups is 1. The zero-order valence-corrected chi connectivity index (χ0v) is 14.6. The van der Waals surface area contributed by atoms with Gasteiger partial charge < -0.3 is 20.5 Å². The molecule has 5 nitrogen and oxygen atoms in total. The minimum absolute atomic E-state index is 0.0124. The molecule has 1 heterocycles. The molecule has 1 aromatic rings. The average Bonchev–Trinajstić information content (AvgIpc) is 3.02. The van der Waals surface area contributed by atoms with Crippen molar-refractivity contribution in [2.45, 2.75) is 32.0 Å². The maximum Gasteiger partial charge on any atom is 0.411 e. The van der Waals surface area contributed by atoms with Crippen molar-refractivity contribution in [1.29, 1.82) is 0 Å². The van der Waals surface area contributed by atoms with Gasteiger partial charge in [-0.2, -0.15) is 24.5 Å². The highest BCUT2D eigenvalue weighted by Crippen LogP contribution is 2.23. The lowest BCUT2D eigenvalue weighted by Crippen LogP contribution is -2.39. The van der Waals surface area contributed by atoms with E-state index >= 15 is 0 Å².